The molecule has 338 valence electrons. The average molecular weight is 1310 g/mol. The van der Waals surface area contributed by atoms with Crippen molar-refractivity contribution in [3.8, 4) is 33.8 Å². The zero-order chi connectivity index (χ0) is 43.7. The molecule has 9 aromatic rings. The molecule has 3 aromatic carbocycles. The van der Waals surface area contributed by atoms with Gasteiger partial charge in [-0.2, -0.15) is 5.10 Å². The van der Waals surface area contributed by atoms with E-state index in [9.17, 15) is 26.3 Å². The molecule has 9 rings (SSSR count). The Morgan fingerprint density at radius 1 is 0.476 bits per heavy atom. The van der Waals surface area contributed by atoms with Crippen molar-refractivity contribution in [2.75, 3.05) is 0 Å². The summed E-state index contributed by atoms with van der Waals surface area (Å²) in [6, 6.07) is 29.4. The van der Waals surface area contributed by atoms with Crippen LogP contribution < -0.4 is 0 Å². The van der Waals surface area contributed by atoms with Crippen LogP contribution in [-0.2, 0) is 31.3 Å². The molecule has 0 saturated carbocycles. The number of pyridine rings is 3. The van der Waals surface area contributed by atoms with Gasteiger partial charge in [-0.1, -0.05) is 35.4 Å². The van der Waals surface area contributed by atoms with Crippen molar-refractivity contribution < 1.29 is 74.1 Å². The standard InChI is InChI=1S/C14H10F2N2.2C14H9F2N2.4ClH.2Ir.3H2O/c3*1-9-4-5-18-11(6-9)8-14(17-18)12-3-2-10(15)7-13(12)16;;;;;;;;;/h2-8H,1H3;2*2,4-8H,1H3;4*1H;;;3*1H2/q;2*-1;;;;;2*+3;;;/p-4. The van der Waals surface area contributed by atoms with Crippen LogP contribution in [0.1, 0.15) is 16.7 Å². The number of rotatable bonds is 3. The third-order valence-electron chi connectivity index (χ3n) is 8.29. The Kier molecular flexibility index (Phi) is 21.9. The fourth-order valence-corrected chi connectivity index (χ4v) is 5.67. The van der Waals surface area contributed by atoms with Crippen molar-refractivity contribution in [3.63, 3.8) is 0 Å². The first kappa shape index (κ1) is 54.8. The SMILES string of the molecule is Cc1ccn2nc(-c3[c-]cc(F)cc3F)cc2c1.Cc1ccn2nc(-c3[c-]cc(F)cc3F)cc2c1.Cc1ccn2nc(-c3ccc(F)cc3F)cc2c1.O.O.O.[Cl][Ir+2].[Cl][Ir]([Cl])[Cl]. The van der Waals surface area contributed by atoms with E-state index in [0.717, 1.165) is 63.6 Å². The number of aryl methyl sites for hydroxylation is 3. The van der Waals surface area contributed by atoms with Gasteiger partial charge in [-0.05, 0) is 92.1 Å². The zero-order valence-electron chi connectivity index (χ0n) is 32.6. The molecule has 0 aliphatic heterocycles. The van der Waals surface area contributed by atoms with Crippen LogP contribution in [0.2, 0.25) is 0 Å². The van der Waals surface area contributed by atoms with E-state index in [1.165, 1.54) is 30.0 Å². The van der Waals surface area contributed by atoms with Crippen LogP contribution in [0.5, 0.6) is 0 Å². The van der Waals surface area contributed by atoms with Gasteiger partial charge < -0.3 is 16.4 Å². The fourth-order valence-electron chi connectivity index (χ4n) is 5.67. The summed E-state index contributed by atoms with van der Waals surface area (Å²) in [5.41, 5.74) is 7.95. The molecule has 9 nitrogen and oxygen atoms in total. The molecule has 0 bridgehead atoms. The molecule has 63 heavy (non-hydrogen) atoms. The van der Waals surface area contributed by atoms with Gasteiger partial charge in [0, 0.05) is 64.9 Å². The second-order valence-electron chi connectivity index (χ2n) is 12.7. The molecule has 0 aliphatic rings. The van der Waals surface area contributed by atoms with E-state index >= 15 is 0 Å². The van der Waals surface area contributed by atoms with Crippen molar-refractivity contribution in [2.45, 2.75) is 20.8 Å². The predicted octanol–water partition coefficient (Wildman–Crippen LogP) is 10.6. The Morgan fingerprint density at radius 2 is 0.810 bits per heavy atom. The molecule has 6 N–H and O–H groups in total. The van der Waals surface area contributed by atoms with Crippen LogP contribution in [0.3, 0.4) is 0 Å². The summed E-state index contributed by atoms with van der Waals surface area (Å²) in [6.07, 6.45) is 5.42. The van der Waals surface area contributed by atoms with Gasteiger partial charge in [0.2, 0.25) is 0 Å². The Balaban J connectivity index is 0.000000299. The summed E-state index contributed by atoms with van der Waals surface area (Å²) < 4.78 is 84.4. The molecule has 0 radical (unpaired) electrons. The summed E-state index contributed by atoms with van der Waals surface area (Å²) in [4.78, 5) is 0. The van der Waals surface area contributed by atoms with Crippen molar-refractivity contribution in [1.29, 1.82) is 0 Å². The van der Waals surface area contributed by atoms with Crippen LogP contribution in [0.25, 0.3) is 50.3 Å². The van der Waals surface area contributed by atoms with Crippen LogP contribution >= 0.6 is 38.3 Å². The zero-order valence-corrected chi connectivity index (χ0v) is 40.4. The molecule has 0 unspecified atom stereocenters. The number of fused-ring (bicyclic) bond motifs is 3. The van der Waals surface area contributed by atoms with Gasteiger partial charge >= 0.3 is 69.7 Å². The van der Waals surface area contributed by atoms with Gasteiger partial charge in [-0.15, -0.1) is 24.3 Å². The minimum atomic E-state index is -1.92. The second kappa shape index (κ2) is 25.2. The summed E-state index contributed by atoms with van der Waals surface area (Å²) in [5, 5.41) is 12.7. The van der Waals surface area contributed by atoms with Crippen molar-refractivity contribution >= 4 is 54.9 Å². The van der Waals surface area contributed by atoms with Gasteiger partial charge in [0.25, 0.3) is 0 Å². The van der Waals surface area contributed by atoms with E-state index in [0.29, 0.717) is 22.6 Å². The minimum absolute atomic E-state index is 0. The molecule has 0 fully saturated rings. The molecule has 0 spiro atoms. The van der Waals surface area contributed by atoms with Crippen molar-refractivity contribution in [3.05, 3.63) is 179 Å². The summed E-state index contributed by atoms with van der Waals surface area (Å²) >= 11 is -0.444. The summed E-state index contributed by atoms with van der Waals surface area (Å²) in [6.45, 7) is 5.92. The fraction of sp³-hybridized carbons (Fsp3) is 0.0714. The molecule has 0 atom stereocenters. The Bertz CT molecular complexity index is 2600. The van der Waals surface area contributed by atoms with Gasteiger partial charge in [-0.25, -0.2) is 23.5 Å². The molecular formula is C42H34Cl4F6Ir2N6O3. The predicted molar refractivity (Wildman–Crippen MR) is 228 cm³/mol. The first-order chi connectivity index (χ1) is 28.6. The van der Waals surface area contributed by atoms with E-state index in [1.807, 2.05) is 63.4 Å². The van der Waals surface area contributed by atoms with E-state index < -0.39 is 48.4 Å². The van der Waals surface area contributed by atoms with Crippen LogP contribution in [0, 0.1) is 67.8 Å². The monoisotopic (exact) mass is 1310 g/mol. The van der Waals surface area contributed by atoms with E-state index in [4.69, 9.17) is 28.8 Å². The molecule has 0 amide bonds. The first-order valence-electron chi connectivity index (χ1n) is 17.0. The quantitative estimate of drug-likeness (QED) is 0.128. The number of aromatic nitrogens is 6. The molecule has 6 heterocycles. The van der Waals surface area contributed by atoms with Gasteiger partial charge in [0.15, 0.2) is 0 Å². The molecule has 0 saturated heterocycles. The van der Waals surface area contributed by atoms with E-state index in [-0.39, 0.29) is 27.6 Å². The van der Waals surface area contributed by atoms with Crippen LogP contribution in [0.4, 0.5) is 26.3 Å². The molecule has 0 aliphatic carbocycles. The Hall–Kier alpha value is -4.35. The number of halogens is 10. The Morgan fingerprint density at radius 3 is 1.16 bits per heavy atom. The summed E-state index contributed by atoms with van der Waals surface area (Å²) in [5.74, 6) is -3.79. The number of nitrogens with zero attached hydrogens (tertiary/aromatic N) is 6. The summed E-state index contributed by atoms with van der Waals surface area (Å²) in [7, 11) is 19.6. The second-order valence-corrected chi connectivity index (χ2v) is 23.0. The van der Waals surface area contributed by atoms with Crippen molar-refractivity contribution in [2.24, 2.45) is 0 Å². The van der Waals surface area contributed by atoms with Gasteiger partial charge in [0.1, 0.15) is 11.6 Å². The normalized spacial score (nSPS) is 10.3. The van der Waals surface area contributed by atoms with E-state index in [1.54, 1.807) is 44.1 Å². The van der Waals surface area contributed by atoms with Crippen LogP contribution in [0.15, 0.2) is 116 Å². The first-order valence-corrected chi connectivity index (χ1v) is 28.9. The Labute approximate surface area is 389 Å². The van der Waals surface area contributed by atoms with Gasteiger partial charge in [0.05, 0.1) is 22.2 Å². The maximum atomic E-state index is 13.7. The average Bonchev–Trinajstić information content (AvgIpc) is 3.92. The number of hydrogen-bond acceptors (Lipinski definition) is 3. The van der Waals surface area contributed by atoms with Gasteiger partial charge in [-0.3, -0.25) is 26.6 Å². The third kappa shape index (κ3) is 14.8. The topological polar surface area (TPSA) is 146 Å². The molecular weight excluding hydrogens is 1280 g/mol. The maximum absolute atomic E-state index is 13.7. The number of hydrogen-bond donors (Lipinski definition) is 0. The van der Waals surface area contributed by atoms with Crippen molar-refractivity contribution in [1.82, 2.24) is 28.8 Å². The number of benzene rings is 3. The molecule has 21 heteroatoms. The molecule has 6 aromatic heterocycles. The van der Waals surface area contributed by atoms with E-state index in [2.05, 4.69) is 37.0 Å². The third-order valence-corrected chi connectivity index (χ3v) is 8.29. The van der Waals surface area contributed by atoms with Crippen LogP contribution in [-0.4, -0.2) is 45.3 Å².